The Morgan fingerprint density at radius 1 is 1.05 bits per heavy atom. The van der Waals surface area contributed by atoms with E-state index in [9.17, 15) is 4.79 Å². The molecule has 3 aromatic rings. The number of hydrogen-bond acceptors (Lipinski definition) is 2. The van der Waals surface area contributed by atoms with Gasteiger partial charge < -0.3 is 0 Å². The van der Waals surface area contributed by atoms with E-state index in [1.54, 1.807) is 12.3 Å². The average molecular weight is 273 g/mol. The van der Waals surface area contributed by atoms with E-state index in [0.29, 0.717) is 5.56 Å². The highest BCUT2D eigenvalue weighted by molar-refractivity contribution is 6.07. The number of aryl methyl sites for hydroxylation is 1. The molecular weight excluding hydrogens is 258 g/mol. The Morgan fingerprint density at radius 2 is 1.90 bits per heavy atom. The number of allylic oxidation sites excluding steroid dienone is 1. The molecule has 1 heterocycles. The zero-order valence-electron chi connectivity index (χ0n) is 11.8. The largest absolute Gasteiger partial charge is 0.289 e. The quantitative estimate of drug-likeness (QED) is 0.521. The average Bonchev–Trinajstić information content (AvgIpc) is 2.52. The molecule has 1 aromatic heterocycles. The number of aromatic nitrogens is 1. The summed E-state index contributed by atoms with van der Waals surface area (Å²) in [4.78, 5) is 16.5. The van der Waals surface area contributed by atoms with Crippen LogP contribution in [0.2, 0.25) is 0 Å². The van der Waals surface area contributed by atoms with Crippen LogP contribution in [0.5, 0.6) is 0 Å². The lowest BCUT2D eigenvalue weighted by atomic mass is 10.1. The number of ketones is 1. The number of para-hydroxylation sites is 1. The molecule has 2 nitrogen and oxygen atoms in total. The first-order valence-corrected chi connectivity index (χ1v) is 6.87. The minimum atomic E-state index is 0.0135. The molecule has 0 fully saturated rings. The molecule has 2 heteroatoms. The zero-order chi connectivity index (χ0) is 14.7. The van der Waals surface area contributed by atoms with Crippen molar-refractivity contribution < 1.29 is 4.79 Å². The van der Waals surface area contributed by atoms with Crippen molar-refractivity contribution in [1.29, 1.82) is 0 Å². The fourth-order valence-corrected chi connectivity index (χ4v) is 2.32. The van der Waals surface area contributed by atoms with E-state index in [1.165, 1.54) is 0 Å². The first-order chi connectivity index (χ1) is 10.2. The summed E-state index contributed by atoms with van der Waals surface area (Å²) in [6, 6.07) is 17.5. The Hall–Kier alpha value is -2.74. The van der Waals surface area contributed by atoms with Gasteiger partial charge in [-0.15, -0.1) is 0 Å². The Labute approximate surface area is 123 Å². The van der Waals surface area contributed by atoms with Crippen LogP contribution < -0.4 is 0 Å². The van der Waals surface area contributed by atoms with Gasteiger partial charge in [-0.1, -0.05) is 48.0 Å². The fourth-order valence-electron chi connectivity index (χ4n) is 2.32. The van der Waals surface area contributed by atoms with Gasteiger partial charge in [0.05, 0.1) is 5.52 Å². The van der Waals surface area contributed by atoms with Gasteiger partial charge >= 0.3 is 0 Å². The third-order valence-corrected chi connectivity index (χ3v) is 3.40. The predicted molar refractivity (Wildman–Crippen MR) is 86.3 cm³/mol. The highest BCUT2D eigenvalue weighted by Crippen LogP contribution is 2.17. The van der Waals surface area contributed by atoms with Crippen molar-refractivity contribution in [2.75, 3.05) is 0 Å². The van der Waals surface area contributed by atoms with Gasteiger partial charge in [-0.25, -0.2) is 0 Å². The number of nitrogens with zero attached hydrogens (tertiary/aromatic N) is 1. The number of pyridine rings is 1. The summed E-state index contributed by atoms with van der Waals surface area (Å²) in [6.07, 6.45) is 5.24. The minimum Gasteiger partial charge on any atom is -0.289 e. The summed E-state index contributed by atoms with van der Waals surface area (Å²) in [5.74, 6) is 0.0135. The lowest BCUT2D eigenvalue weighted by Gasteiger charge is -2.01. The Balaban J connectivity index is 1.93. The maximum atomic E-state index is 12.2. The molecule has 0 unspecified atom stereocenters. The zero-order valence-corrected chi connectivity index (χ0v) is 11.8. The van der Waals surface area contributed by atoms with Gasteiger partial charge in [0.25, 0.3) is 0 Å². The highest BCUT2D eigenvalue weighted by atomic mass is 16.1. The van der Waals surface area contributed by atoms with Crippen LogP contribution in [0.15, 0.2) is 66.9 Å². The first kappa shape index (κ1) is 13.3. The van der Waals surface area contributed by atoms with Crippen molar-refractivity contribution in [3.05, 3.63) is 83.6 Å². The molecule has 0 bridgehead atoms. The molecule has 0 atom stereocenters. The summed E-state index contributed by atoms with van der Waals surface area (Å²) in [5, 5.41) is 1.05. The van der Waals surface area contributed by atoms with Crippen LogP contribution in [-0.2, 0) is 0 Å². The van der Waals surface area contributed by atoms with E-state index in [2.05, 4.69) is 4.98 Å². The molecule has 21 heavy (non-hydrogen) atoms. The van der Waals surface area contributed by atoms with Gasteiger partial charge in [-0.2, -0.15) is 0 Å². The summed E-state index contributed by atoms with van der Waals surface area (Å²) in [5.41, 5.74) is 3.73. The molecule has 0 N–H and O–H groups in total. The molecule has 2 aromatic carbocycles. The van der Waals surface area contributed by atoms with E-state index in [0.717, 1.165) is 22.0 Å². The monoisotopic (exact) mass is 273 g/mol. The van der Waals surface area contributed by atoms with Crippen molar-refractivity contribution in [2.45, 2.75) is 6.92 Å². The van der Waals surface area contributed by atoms with Crippen LogP contribution in [0, 0.1) is 6.92 Å². The molecular formula is C19H15NO. The molecule has 0 radical (unpaired) electrons. The second-order valence-electron chi connectivity index (χ2n) is 4.98. The first-order valence-electron chi connectivity index (χ1n) is 6.87. The van der Waals surface area contributed by atoms with E-state index in [-0.39, 0.29) is 5.78 Å². The molecule has 0 aliphatic rings. The molecule has 0 saturated carbocycles. The smallest absolute Gasteiger partial charge is 0.185 e. The Kier molecular flexibility index (Phi) is 3.61. The molecule has 0 aliphatic carbocycles. The fraction of sp³-hybridized carbons (Fsp3) is 0.0526. The maximum absolute atomic E-state index is 12.2. The van der Waals surface area contributed by atoms with E-state index in [1.807, 2.05) is 67.6 Å². The van der Waals surface area contributed by atoms with Gasteiger partial charge in [-0.3, -0.25) is 9.78 Å². The Morgan fingerprint density at radius 3 is 2.76 bits per heavy atom. The summed E-state index contributed by atoms with van der Waals surface area (Å²) < 4.78 is 0. The summed E-state index contributed by atoms with van der Waals surface area (Å²) in [7, 11) is 0. The number of carbonyl (C=O) groups excluding carboxylic acids is 1. The standard InChI is InChI=1S/C19H15NO/c1-14-5-4-6-16(13-14)19(21)10-9-15-11-12-20-18-8-3-2-7-17(15)18/h2-13H,1H3/b10-9+. The van der Waals surface area contributed by atoms with Crippen molar-refractivity contribution in [3.8, 4) is 0 Å². The molecule has 0 saturated heterocycles. The second-order valence-corrected chi connectivity index (χ2v) is 4.98. The maximum Gasteiger partial charge on any atom is 0.185 e. The number of rotatable bonds is 3. The number of carbonyl (C=O) groups is 1. The minimum absolute atomic E-state index is 0.0135. The van der Waals surface area contributed by atoms with Crippen molar-refractivity contribution >= 4 is 22.8 Å². The number of hydrogen-bond donors (Lipinski definition) is 0. The number of fused-ring (bicyclic) bond motifs is 1. The van der Waals surface area contributed by atoms with Gasteiger partial charge in [0.15, 0.2) is 5.78 Å². The van der Waals surface area contributed by atoms with E-state index < -0.39 is 0 Å². The lowest BCUT2D eigenvalue weighted by Crippen LogP contribution is -1.94. The predicted octanol–water partition coefficient (Wildman–Crippen LogP) is 4.44. The lowest BCUT2D eigenvalue weighted by molar-refractivity contribution is 0.104. The second kappa shape index (κ2) is 5.71. The van der Waals surface area contributed by atoms with Crippen molar-refractivity contribution in [2.24, 2.45) is 0 Å². The van der Waals surface area contributed by atoms with Crippen LogP contribution in [0.1, 0.15) is 21.5 Å². The van der Waals surface area contributed by atoms with Crippen LogP contribution in [0.3, 0.4) is 0 Å². The molecule has 0 aliphatic heterocycles. The van der Waals surface area contributed by atoms with Gasteiger partial charge in [0, 0.05) is 17.1 Å². The molecule has 0 amide bonds. The molecule has 102 valence electrons. The third-order valence-electron chi connectivity index (χ3n) is 3.40. The van der Waals surface area contributed by atoms with Crippen molar-refractivity contribution in [1.82, 2.24) is 4.98 Å². The Bertz CT molecular complexity index is 828. The molecule has 3 rings (SSSR count). The van der Waals surface area contributed by atoms with Crippen LogP contribution in [0.4, 0.5) is 0 Å². The van der Waals surface area contributed by atoms with E-state index in [4.69, 9.17) is 0 Å². The van der Waals surface area contributed by atoms with Gasteiger partial charge in [0.1, 0.15) is 0 Å². The van der Waals surface area contributed by atoms with Gasteiger partial charge in [0.2, 0.25) is 0 Å². The third kappa shape index (κ3) is 2.90. The van der Waals surface area contributed by atoms with Crippen LogP contribution in [0.25, 0.3) is 17.0 Å². The van der Waals surface area contributed by atoms with Gasteiger partial charge in [-0.05, 0) is 36.8 Å². The summed E-state index contributed by atoms with van der Waals surface area (Å²) >= 11 is 0. The van der Waals surface area contributed by atoms with E-state index >= 15 is 0 Å². The highest BCUT2D eigenvalue weighted by Gasteiger charge is 2.02. The number of benzene rings is 2. The van der Waals surface area contributed by atoms with Crippen LogP contribution >= 0.6 is 0 Å². The normalized spacial score (nSPS) is 11.1. The molecule has 0 spiro atoms. The topological polar surface area (TPSA) is 30.0 Å². The van der Waals surface area contributed by atoms with Crippen LogP contribution in [-0.4, -0.2) is 10.8 Å². The SMILES string of the molecule is Cc1cccc(C(=O)/C=C/c2ccnc3ccccc23)c1. The summed E-state index contributed by atoms with van der Waals surface area (Å²) in [6.45, 7) is 1.98. The van der Waals surface area contributed by atoms with Crippen molar-refractivity contribution in [3.63, 3.8) is 0 Å².